The number of nitrogens with zero attached hydrogens (tertiary/aromatic N) is 4. The number of aliphatic hydroxyl groups is 3. The molecule has 9 nitrogen and oxygen atoms in total. The number of ether oxygens (including phenoxy) is 1. The Hall–Kier alpha value is -2.30. The monoisotopic (exact) mass is 391 g/mol. The van der Waals surface area contributed by atoms with Crippen LogP contribution in [0.25, 0.3) is 11.2 Å². The van der Waals surface area contributed by atoms with Gasteiger partial charge in [-0.3, -0.25) is 4.57 Å². The lowest BCUT2D eigenvalue weighted by Gasteiger charge is -2.32. The Morgan fingerprint density at radius 3 is 2.56 bits per heavy atom. The third-order valence-corrected chi connectivity index (χ3v) is 5.13. The predicted molar refractivity (Wildman–Crippen MR) is 96.7 cm³/mol. The van der Waals surface area contributed by atoms with E-state index in [4.69, 9.17) is 22.1 Å². The topological polar surface area (TPSA) is 140 Å². The number of nitrogen functional groups attached to an aromatic ring is 1. The Bertz CT molecular complexity index is 977. The smallest absolute Gasteiger partial charge is 0.167 e. The first-order valence-electron chi connectivity index (χ1n) is 8.23. The number of aromatic nitrogens is 4. The molecule has 10 heteroatoms. The van der Waals surface area contributed by atoms with E-state index in [2.05, 4.69) is 15.0 Å². The van der Waals surface area contributed by atoms with Crippen LogP contribution in [0.2, 0.25) is 5.02 Å². The zero-order valence-corrected chi connectivity index (χ0v) is 15.0. The molecular formula is C17H18ClN5O4. The van der Waals surface area contributed by atoms with Crippen molar-refractivity contribution in [3.63, 3.8) is 0 Å². The van der Waals surface area contributed by atoms with Gasteiger partial charge in [-0.15, -0.1) is 0 Å². The van der Waals surface area contributed by atoms with Gasteiger partial charge in [0, 0.05) is 5.02 Å². The van der Waals surface area contributed by atoms with Crippen LogP contribution in [0.1, 0.15) is 18.7 Å². The Morgan fingerprint density at radius 1 is 1.15 bits per heavy atom. The lowest BCUT2D eigenvalue weighted by molar-refractivity contribution is -0.135. The zero-order valence-electron chi connectivity index (χ0n) is 14.3. The van der Waals surface area contributed by atoms with Crippen LogP contribution in [-0.4, -0.2) is 53.2 Å². The molecule has 0 radical (unpaired) electrons. The molecular weight excluding hydrogens is 374 g/mol. The molecule has 3 aromatic rings. The fraction of sp³-hybridized carbons (Fsp3) is 0.353. The first-order valence-corrected chi connectivity index (χ1v) is 8.61. The van der Waals surface area contributed by atoms with Crippen LogP contribution in [0.5, 0.6) is 0 Å². The summed E-state index contributed by atoms with van der Waals surface area (Å²) in [5.74, 6) is 0.191. The predicted octanol–water partition coefficient (Wildman–Crippen LogP) is 0.589. The van der Waals surface area contributed by atoms with Crippen molar-refractivity contribution >= 4 is 28.6 Å². The van der Waals surface area contributed by atoms with E-state index in [-0.39, 0.29) is 5.82 Å². The lowest BCUT2D eigenvalue weighted by atomic mass is 9.87. The number of hydrogen-bond acceptors (Lipinski definition) is 8. The van der Waals surface area contributed by atoms with E-state index in [0.29, 0.717) is 21.7 Å². The Kier molecular flexibility index (Phi) is 4.28. The van der Waals surface area contributed by atoms with Crippen LogP contribution in [-0.2, 0) is 10.3 Å². The molecule has 1 aliphatic rings. The fourth-order valence-electron chi connectivity index (χ4n) is 3.36. The van der Waals surface area contributed by atoms with Gasteiger partial charge in [0.2, 0.25) is 0 Å². The molecule has 1 aliphatic heterocycles. The highest BCUT2D eigenvalue weighted by atomic mass is 35.5. The second-order valence-corrected chi connectivity index (χ2v) is 7.10. The van der Waals surface area contributed by atoms with Crippen molar-refractivity contribution in [3.8, 4) is 0 Å². The summed E-state index contributed by atoms with van der Waals surface area (Å²) in [7, 11) is 0. The highest BCUT2D eigenvalue weighted by Crippen LogP contribution is 2.40. The molecule has 1 saturated heterocycles. The normalized spacial score (nSPS) is 27.7. The quantitative estimate of drug-likeness (QED) is 0.508. The van der Waals surface area contributed by atoms with Crippen LogP contribution in [0.3, 0.4) is 0 Å². The molecule has 2 aromatic heterocycles. The second kappa shape index (κ2) is 6.39. The highest BCUT2D eigenvalue weighted by molar-refractivity contribution is 6.30. The van der Waals surface area contributed by atoms with Gasteiger partial charge >= 0.3 is 0 Å². The molecule has 0 unspecified atom stereocenters. The molecule has 0 aliphatic carbocycles. The minimum Gasteiger partial charge on any atom is -0.387 e. The summed E-state index contributed by atoms with van der Waals surface area (Å²) in [6, 6.07) is 6.53. The van der Waals surface area contributed by atoms with E-state index >= 15 is 0 Å². The van der Waals surface area contributed by atoms with Gasteiger partial charge in [0.1, 0.15) is 35.8 Å². The van der Waals surface area contributed by atoms with Crippen molar-refractivity contribution in [2.75, 3.05) is 5.73 Å². The SMILES string of the molecule is C[C@@](O)(c1ccc(Cl)cc1)[C@H]1O[C@@H](n2cnc3c(N)ncnc32)[C@H](O)[C@@H]1O. The van der Waals surface area contributed by atoms with Gasteiger partial charge in [-0.2, -0.15) is 0 Å². The van der Waals surface area contributed by atoms with E-state index in [9.17, 15) is 15.3 Å². The first kappa shape index (κ1) is 18.1. The summed E-state index contributed by atoms with van der Waals surface area (Å²) in [6.45, 7) is 1.51. The van der Waals surface area contributed by atoms with Gasteiger partial charge in [0.15, 0.2) is 17.7 Å². The maximum atomic E-state index is 11.0. The lowest BCUT2D eigenvalue weighted by Crippen LogP contribution is -2.45. The van der Waals surface area contributed by atoms with E-state index in [1.165, 1.54) is 24.1 Å². The summed E-state index contributed by atoms with van der Waals surface area (Å²) < 4.78 is 7.32. The van der Waals surface area contributed by atoms with Crippen molar-refractivity contribution in [3.05, 3.63) is 47.5 Å². The number of imidazole rings is 1. The Morgan fingerprint density at radius 2 is 1.85 bits per heavy atom. The summed E-state index contributed by atoms with van der Waals surface area (Å²) in [5.41, 5.74) is 5.41. The molecule has 142 valence electrons. The largest absolute Gasteiger partial charge is 0.387 e. The number of fused-ring (bicyclic) bond motifs is 1. The highest BCUT2D eigenvalue weighted by Gasteiger charge is 2.52. The molecule has 3 heterocycles. The fourth-order valence-corrected chi connectivity index (χ4v) is 3.49. The molecule has 0 bridgehead atoms. The third-order valence-electron chi connectivity index (χ3n) is 4.88. The van der Waals surface area contributed by atoms with Gasteiger partial charge in [0.25, 0.3) is 0 Å². The summed E-state index contributed by atoms with van der Waals surface area (Å²) in [4.78, 5) is 12.1. The summed E-state index contributed by atoms with van der Waals surface area (Å²) in [6.07, 6.45) is -2.11. The van der Waals surface area contributed by atoms with E-state index < -0.39 is 30.1 Å². The average molecular weight is 392 g/mol. The molecule has 0 spiro atoms. The van der Waals surface area contributed by atoms with E-state index in [1.807, 2.05) is 0 Å². The van der Waals surface area contributed by atoms with Gasteiger partial charge in [-0.1, -0.05) is 23.7 Å². The number of aliphatic hydroxyl groups excluding tert-OH is 2. The van der Waals surface area contributed by atoms with Gasteiger partial charge in [-0.25, -0.2) is 15.0 Å². The van der Waals surface area contributed by atoms with Gasteiger partial charge < -0.3 is 25.8 Å². The molecule has 27 heavy (non-hydrogen) atoms. The second-order valence-electron chi connectivity index (χ2n) is 6.67. The van der Waals surface area contributed by atoms with Crippen LogP contribution in [0, 0.1) is 0 Å². The van der Waals surface area contributed by atoms with E-state index in [1.54, 1.807) is 24.3 Å². The number of halogens is 1. The van der Waals surface area contributed by atoms with Crippen molar-refractivity contribution in [1.82, 2.24) is 19.5 Å². The molecule has 1 aromatic carbocycles. The van der Waals surface area contributed by atoms with Crippen molar-refractivity contribution in [2.24, 2.45) is 0 Å². The third kappa shape index (κ3) is 2.84. The van der Waals surface area contributed by atoms with Crippen LogP contribution in [0.15, 0.2) is 36.9 Å². The Labute approximate surface area is 159 Å². The van der Waals surface area contributed by atoms with E-state index in [0.717, 1.165) is 0 Å². The van der Waals surface area contributed by atoms with Gasteiger partial charge in [-0.05, 0) is 24.6 Å². The minimum absolute atomic E-state index is 0.191. The average Bonchev–Trinajstić information content (AvgIpc) is 3.19. The van der Waals surface area contributed by atoms with Crippen LogP contribution >= 0.6 is 11.6 Å². The number of rotatable bonds is 3. The number of nitrogens with two attached hydrogens (primary N) is 1. The van der Waals surface area contributed by atoms with Crippen molar-refractivity contribution in [2.45, 2.75) is 37.1 Å². The van der Waals surface area contributed by atoms with Crippen LogP contribution in [0.4, 0.5) is 5.82 Å². The molecule has 0 saturated carbocycles. The summed E-state index contributed by atoms with van der Waals surface area (Å²) in [5, 5.41) is 32.6. The number of hydrogen-bond donors (Lipinski definition) is 4. The molecule has 4 rings (SSSR count). The number of anilines is 1. The standard InChI is InChI=1S/C17H18ClN5O4/c1-17(26,8-2-4-9(18)5-3-8)13-11(24)12(25)16(27-13)23-7-22-10-14(19)20-6-21-15(10)23/h2-7,11-13,16,24-26H,1H3,(H2,19,20,21)/t11-,12+,13-,16+,17+/m0/s1. The van der Waals surface area contributed by atoms with Crippen LogP contribution < -0.4 is 5.73 Å². The Balaban J connectivity index is 1.70. The molecule has 1 fully saturated rings. The summed E-state index contributed by atoms with van der Waals surface area (Å²) >= 11 is 5.90. The maximum absolute atomic E-state index is 11.0. The minimum atomic E-state index is -1.58. The molecule has 5 N–H and O–H groups in total. The molecule has 5 atom stereocenters. The van der Waals surface area contributed by atoms with Gasteiger partial charge in [0.05, 0.1) is 6.33 Å². The van der Waals surface area contributed by atoms with Crippen molar-refractivity contribution < 1.29 is 20.1 Å². The van der Waals surface area contributed by atoms with Crippen molar-refractivity contribution in [1.29, 1.82) is 0 Å². The number of benzene rings is 1. The molecule has 0 amide bonds. The maximum Gasteiger partial charge on any atom is 0.167 e. The first-order chi connectivity index (χ1) is 12.8. The zero-order chi connectivity index (χ0) is 19.3.